The lowest BCUT2D eigenvalue weighted by atomic mass is 9.67. The Labute approximate surface area is 282 Å². The van der Waals surface area contributed by atoms with Crippen LogP contribution >= 0.6 is 0 Å². The van der Waals surface area contributed by atoms with Gasteiger partial charge >= 0.3 is 0 Å². The van der Waals surface area contributed by atoms with Gasteiger partial charge in [0.05, 0.1) is 16.4 Å². The lowest BCUT2D eigenvalue weighted by molar-refractivity contribution is 0.672. The van der Waals surface area contributed by atoms with E-state index in [0.717, 1.165) is 55.1 Å². The van der Waals surface area contributed by atoms with E-state index in [4.69, 9.17) is 9.40 Å². The van der Waals surface area contributed by atoms with E-state index in [1.165, 1.54) is 38.9 Å². The van der Waals surface area contributed by atoms with Crippen molar-refractivity contribution in [2.45, 2.75) is 5.41 Å². The van der Waals surface area contributed by atoms with Gasteiger partial charge in [-0.25, -0.2) is 4.98 Å². The molecule has 0 N–H and O–H groups in total. The van der Waals surface area contributed by atoms with Gasteiger partial charge in [-0.2, -0.15) is 0 Å². The van der Waals surface area contributed by atoms with Gasteiger partial charge in [-0.15, -0.1) is 0 Å². The van der Waals surface area contributed by atoms with Crippen molar-refractivity contribution in [3.63, 3.8) is 0 Å². The van der Waals surface area contributed by atoms with E-state index in [2.05, 4.69) is 174 Å². The van der Waals surface area contributed by atoms with Crippen molar-refractivity contribution >= 4 is 49.5 Å². The molecule has 49 heavy (non-hydrogen) atoms. The molecule has 0 atom stereocenters. The number of aromatic nitrogens is 2. The third-order valence-electron chi connectivity index (χ3n) is 10.7. The van der Waals surface area contributed by atoms with Gasteiger partial charge in [0.2, 0.25) is 0 Å². The molecule has 0 amide bonds. The van der Waals surface area contributed by atoms with Gasteiger partial charge in [0, 0.05) is 16.2 Å². The quantitative estimate of drug-likeness (QED) is 0.196. The van der Waals surface area contributed by atoms with Crippen molar-refractivity contribution in [2.75, 3.05) is 0 Å². The van der Waals surface area contributed by atoms with Crippen LogP contribution in [-0.4, -0.2) is 9.38 Å². The SMILES string of the molecule is c1ccc(C2(c3ccccc3)c3ccccc3-c3c(-c4ccc5oc6c7ccccc7c7nc8ccccc8n7c6c5c4)cccc32)cc1. The Bertz CT molecular complexity index is 2890. The number of imidazole rings is 1. The molecule has 3 heterocycles. The highest BCUT2D eigenvalue weighted by Gasteiger charge is 2.46. The van der Waals surface area contributed by atoms with E-state index in [0.29, 0.717) is 0 Å². The minimum Gasteiger partial charge on any atom is -0.454 e. The van der Waals surface area contributed by atoms with Gasteiger partial charge in [0.25, 0.3) is 0 Å². The van der Waals surface area contributed by atoms with Crippen LogP contribution in [0, 0.1) is 0 Å². The maximum Gasteiger partial charge on any atom is 0.160 e. The molecule has 0 bridgehead atoms. The van der Waals surface area contributed by atoms with Gasteiger partial charge in [-0.3, -0.25) is 4.40 Å². The Kier molecular flexibility index (Phi) is 5.31. The average molecular weight is 625 g/mol. The Morgan fingerprint density at radius 3 is 1.98 bits per heavy atom. The lowest BCUT2D eigenvalue weighted by Gasteiger charge is -2.34. The summed E-state index contributed by atoms with van der Waals surface area (Å²) in [5.41, 5.74) is 15.4. The van der Waals surface area contributed by atoms with E-state index in [1.54, 1.807) is 0 Å². The highest BCUT2D eigenvalue weighted by atomic mass is 16.3. The molecule has 7 aromatic carbocycles. The van der Waals surface area contributed by atoms with Gasteiger partial charge in [0.1, 0.15) is 16.7 Å². The van der Waals surface area contributed by atoms with Crippen LogP contribution in [-0.2, 0) is 5.41 Å². The molecule has 3 heteroatoms. The first-order valence-corrected chi connectivity index (χ1v) is 16.8. The first-order chi connectivity index (χ1) is 24.3. The van der Waals surface area contributed by atoms with Crippen LogP contribution in [0.1, 0.15) is 22.3 Å². The zero-order valence-electron chi connectivity index (χ0n) is 26.5. The normalized spacial score (nSPS) is 13.5. The number of hydrogen-bond acceptors (Lipinski definition) is 2. The molecule has 0 fully saturated rings. The first kappa shape index (κ1) is 26.6. The second-order valence-corrected chi connectivity index (χ2v) is 13.1. The van der Waals surface area contributed by atoms with Crippen LogP contribution in [0.2, 0.25) is 0 Å². The molecule has 11 rings (SSSR count). The summed E-state index contributed by atoms with van der Waals surface area (Å²) in [5.74, 6) is 0. The maximum atomic E-state index is 6.73. The molecule has 228 valence electrons. The highest BCUT2D eigenvalue weighted by molar-refractivity contribution is 6.19. The molecule has 0 aliphatic heterocycles. The fraction of sp³-hybridized carbons (Fsp3) is 0.0217. The number of rotatable bonds is 3. The Morgan fingerprint density at radius 1 is 0.510 bits per heavy atom. The minimum absolute atomic E-state index is 0.447. The minimum atomic E-state index is -0.447. The summed E-state index contributed by atoms with van der Waals surface area (Å²) in [6.45, 7) is 0. The molecule has 0 saturated heterocycles. The molecule has 1 aliphatic rings. The third-order valence-corrected chi connectivity index (χ3v) is 10.7. The summed E-state index contributed by atoms with van der Waals surface area (Å²) in [7, 11) is 0. The number of nitrogens with zero attached hydrogens (tertiary/aromatic N) is 2. The number of furan rings is 1. The first-order valence-electron chi connectivity index (χ1n) is 16.8. The summed E-state index contributed by atoms with van der Waals surface area (Å²) >= 11 is 0. The number of fused-ring (bicyclic) bond motifs is 13. The van der Waals surface area contributed by atoms with Crippen molar-refractivity contribution in [3.8, 4) is 22.3 Å². The predicted molar refractivity (Wildman–Crippen MR) is 200 cm³/mol. The summed E-state index contributed by atoms with van der Waals surface area (Å²) < 4.78 is 9.03. The van der Waals surface area contributed by atoms with Crippen LogP contribution in [0.5, 0.6) is 0 Å². The van der Waals surface area contributed by atoms with Gasteiger partial charge < -0.3 is 4.42 Å². The summed E-state index contributed by atoms with van der Waals surface area (Å²) in [5, 5.41) is 3.23. The van der Waals surface area contributed by atoms with Crippen molar-refractivity contribution in [1.82, 2.24) is 9.38 Å². The Morgan fingerprint density at radius 2 is 1.16 bits per heavy atom. The topological polar surface area (TPSA) is 30.4 Å². The maximum absolute atomic E-state index is 6.73. The molecule has 0 spiro atoms. The lowest BCUT2D eigenvalue weighted by Crippen LogP contribution is -2.28. The fourth-order valence-corrected chi connectivity index (χ4v) is 8.70. The number of pyridine rings is 1. The molecular formula is C46H28N2O. The van der Waals surface area contributed by atoms with Crippen LogP contribution in [0.3, 0.4) is 0 Å². The smallest absolute Gasteiger partial charge is 0.160 e. The van der Waals surface area contributed by atoms with E-state index in [-0.39, 0.29) is 0 Å². The standard InChI is InChI=1S/C46H28N2O/c1-3-14-30(15-4-1)46(31-16-5-2-6-17-31)37-22-10-9-20-35(37)42-32(21-13-23-38(42)46)29-26-27-41-36(28-29)43-44(49-41)33-18-7-8-19-34(33)45-47-39-24-11-12-25-40(39)48(43)45/h1-28H. The third kappa shape index (κ3) is 3.44. The van der Waals surface area contributed by atoms with Crippen LogP contribution in [0.15, 0.2) is 174 Å². The number of hydrogen-bond donors (Lipinski definition) is 0. The molecular weight excluding hydrogens is 597 g/mol. The average Bonchev–Trinajstić information content (AvgIpc) is 3.84. The van der Waals surface area contributed by atoms with Crippen LogP contribution < -0.4 is 0 Å². The van der Waals surface area contributed by atoms with E-state index in [1.807, 2.05) is 0 Å². The van der Waals surface area contributed by atoms with E-state index < -0.39 is 5.41 Å². The zero-order valence-corrected chi connectivity index (χ0v) is 26.5. The number of para-hydroxylation sites is 2. The van der Waals surface area contributed by atoms with Gasteiger partial charge in [-0.05, 0) is 68.8 Å². The largest absolute Gasteiger partial charge is 0.454 e. The van der Waals surface area contributed by atoms with Crippen LogP contribution in [0.25, 0.3) is 71.8 Å². The molecule has 0 unspecified atom stereocenters. The van der Waals surface area contributed by atoms with Crippen LogP contribution in [0.4, 0.5) is 0 Å². The molecule has 3 aromatic heterocycles. The highest BCUT2D eigenvalue weighted by Crippen LogP contribution is 2.58. The second-order valence-electron chi connectivity index (χ2n) is 13.1. The summed E-state index contributed by atoms with van der Waals surface area (Å²) in [6, 6.07) is 61.3. The summed E-state index contributed by atoms with van der Waals surface area (Å²) in [6.07, 6.45) is 0. The predicted octanol–water partition coefficient (Wildman–Crippen LogP) is 11.6. The monoisotopic (exact) mass is 624 g/mol. The van der Waals surface area contributed by atoms with Crippen molar-refractivity contribution in [1.29, 1.82) is 0 Å². The Balaban J connectivity index is 1.25. The zero-order chi connectivity index (χ0) is 32.1. The molecule has 1 aliphatic carbocycles. The van der Waals surface area contributed by atoms with Crippen molar-refractivity contribution in [3.05, 3.63) is 192 Å². The molecule has 10 aromatic rings. The van der Waals surface area contributed by atoms with E-state index in [9.17, 15) is 0 Å². The Hall–Kier alpha value is -6.45. The number of benzene rings is 7. The van der Waals surface area contributed by atoms with Gasteiger partial charge in [0.15, 0.2) is 5.58 Å². The summed E-state index contributed by atoms with van der Waals surface area (Å²) in [4.78, 5) is 5.13. The van der Waals surface area contributed by atoms with Crippen molar-refractivity contribution < 1.29 is 4.42 Å². The molecule has 0 radical (unpaired) electrons. The van der Waals surface area contributed by atoms with E-state index >= 15 is 0 Å². The fourth-order valence-electron chi connectivity index (χ4n) is 8.70. The molecule has 0 saturated carbocycles. The van der Waals surface area contributed by atoms with Gasteiger partial charge in [-0.1, -0.05) is 146 Å². The molecule has 3 nitrogen and oxygen atoms in total. The van der Waals surface area contributed by atoms with Crippen molar-refractivity contribution in [2.24, 2.45) is 0 Å². The second kappa shape index (κ2) is 9.79.